The summed E-state index contributed by atoms with van der Waals surface area (Å²) >= 11 is 0. The molecule has 1 atom stereocenters. The number of nitrogens with zero attached hydrogens (tertiary/aromatic N) is 1. The van der Waals surface area contributed by atoms with Gasteiger partial charge in [-0.15, -0.1) is 0 Å². The van der Waals surface area contributed by atoms with Crippen LogP contribution in [0.2, 0.25) is 0 Å². The van der Waals surface area contributed by atoms with E-state index in [0.29, 0.717) is 25.2 Å². The fourth-order valence-corrected chi connectivity index (χ4v) is 2.71. The van der Waals surface area contributed by atoms with E-state index in [9.17, 15) is 9.90 Å². The standard InChI is InChI=1S/C16H24N2O3/c1-16(2)11-18(9-14(10-19)21-16)15(20)13-5-3-12(4-6-13)7-8-17/h3-6,14,19H,7-11,17H2,1-2H3. The van der Waals surface area contributed by atoms with Crippen molar-refractivity contribution in [2.45, 2.75) is 32.0 Å². The van der Waals surface area contributed by atoms with E-state index in [0.717, 1.165) is 12.0 Å². The molecule has 1 saturated heterocycles. The lowest BCUT2D eigenvalue weighted by molar-refractivity contribution is -0.139. The van der Waals surface area contributed by atoms with Crippen LogP contribution in [0.15, 0.2) is 24.3 Å². The molecule has 1 aliphatic heterocycles. The SMILES string of the molecule is CC1(C)CN(C(=O)c2ccc(CCN)cc2)CC(CO)O1. The molecular weight excluding hydrogens is 268 g/mol. The van der Waals surface area contributed by atoms with Crippen LogP contribution in [0.25, 0.3) is 0 Å². The van der Waals surface area contributed by atoms with Crippen molar-refractivity contribution in [2.24, 2.45) is 5.73 Å². The molecule has 3 N–H and O–H groups in total. The third-order valence-corrected chi connectivity index (χ3v) is 3.61. The van der Waals surface area contributed by atoms with Gasteiger partial charge in [0.25, 0.3) is 5.91 Å². The van der Waals surface area contributed by atoms with E-state index in [-0.39, 0.29) is 18.6 Å². The highest BCUT2D eigenvalue weighted by Gasteiger charge is 2.35. The van der Waals surface area contributed by atoms with Crippen molar-refractivity contribution in [3.05, 3.63) is 35.4 Å². The first-order chi connectivity index (χ1) is 9.95. The second-order valence-corrected chi connectivity index (χ2v) is 6.10. The van der Waals surface area contributed by atoms with Crippen molar-refractivity contribution in [3.63, 3.8) is 0 Å². The molecule has 116 valence electrons. The molecule has 1 aromatic rings. The first-order valence-corrected chi connectivity index (χ1v) is 7.32. The topological polar surface area (TPSA) is 75.8 Å². The zero-order valence-corrected chi connectivity index (χ0v) is 12.7. The lowest BCUT2D eigenvalue weighted by atomic mass is 10.0. The molecule has 1 heterocycles. The Balaban J connectivity index is 2.11. The van der Waals surface area contributed by atoms with Crippen molar-refractivity contribution in [3.8, 4) is 0 Å². The number of hydrogen-bond donors (Lipinski definition) is 2. The molecule has 1 fully saturated rings. The second-order valence-electron chi connectivity index (χ2n) is 6.10. The zero-order valence-electron chi connectivity index (χ0n) is 12.7. The van der Waals surface area contributed by atoms with Gasteiger partial charge in [0.1, 0.15) is 0 Å². The van der Waals surface area contributed by atoms with Gasteiger partial charge in [-0.2, -0.15) is 0 Å². The Hall–Kier alpha value is -1.43. The highest BCUT2D eigenvalue weighted by molar-refractivity contribution is 5.94. The van der Waals surface area contributed by atoms with Crippen LogP contribution in [-0.2, 0) is 11.2 Å². The minimum atomic E-state index is -0.444. The van der Waals surface area contributed by atoms with Gasteiger partial charge in [0, 0.05) is 18.7 Å². The summed E-state index contributed by atoms with van der Waals surface area (Å²) in [4.78, 5) is 14.3. The summed E-state index contributed by atoms with van der Waals surface area (Å²) < 4.78 is 5.73. The molecule has 21 heavy (non-hydrogen) atoms. The van der Waals surface area contributed by atoms with E-state index in [2.05, 4.69) is 0 Å². The van der Waals surface area contributed by atoms with Gasteiger partial charge < -0.3 is 20.5 Å². The number of carbonyl (C=O) groups is 1. The molecule has 0 bridgehead atoms. The molecular formula is C16H24N2O3. The van der Waals surface area contributed by atoms with Crippen LogP contribution in [-0.4, -0.2) is 53.9 Å². The van der Waals surface area contributed by atoms with Gasteiger partial charge in [-0.1, -0.05) is 12.1 Å². The normalized spacial score (nSPS) is 21.3. The number of ether oxygens (including phenoxy) is 1. The Morgan fingerprint density at radius 2 is 2.10 bits per heavy atom. The van der Waals surface area contributed by atoms with E-state index in [1.54, 1.807) is 4.90 Å². The summed E-state index contributed by atoms with van der Waals surface area (Å²) in [5, 5.41) is 9.31. The number of aliphatic hydroxyl groups excluding tert-OH is 1. The minimum absolute atomic E-state index is 0.0240. The average molecular weight is 292 g/mol. The molecule has 1 unspecified atom stereocenters. The van der Waals surface area contributed by atoms with E-state index < -0.39 is 5.60 Å². The Morgan fingerprint density at radius 1 is 1.43 bits per heavy atom. The first kappa shape index (κ1) is 15.9. The van der Waals surface area contributed by atoms with Crippen LogP contribution in [0.1, 0.15) is 29.8 Å². The predicted molar refractivity (Wildman–Crippen MR) is 81.1 cm³/mol. The fourth-order valence-electron chi connectivity index (χ4n) is 2.71. The lowest BCUT2D eigenvalue weighted by Gasteiger charge is -2.42. The molecule has 0 spiro atoms. The van der Waals surface area contributed by atoms with Crippen LogP contribution < -0.4 is 5.73 Å². The van der Waals surface area contributed by atoms with E-state index in [4.69, 9.17) is 10.5 Å². The van der Waals surface area contributed by atoms with Gasteiger partial charge in [-0.3, -0.25) is 4.79 Å². The molecule has 0 aliphatic carbocycles. The van der Waals surface area contributed by atoms with E-state index >= 15 is 0 Å². The summed E-state index contributed by atoms with van der Waals surface area (Å²) in [5.74, 6) is -0.0240. The van der Waals surface area contributed by atoms with Crippen LogP contribution >= 0.6 is 0 Å². The lowest BCUT2D eigenvalue weighted by Crippen LogP contribution is -2.55. The number of amides is 1. The highest BCUT2D eigenvalue weighted by Crippen LogP contribution is 2.22. The second kappa shape index (κ2) is 6.56. The van der Waals surface area contributed by atoms with Crippen molar-refractivity contribution < 1.29 is 14.6 Å². The quantitative estimate of drug-likeness (QED) is 0.860. The summed E-state index contributed by atoms with van der Waals surface area (Å²) in [6.45, 7) is 5.32. The molecule has 0 radical (unpaired) electrons. The maximum absolute atomic E-state index is 12.6. The number of rotatable bonds is 4. The molecule has 0 aromatic heterocycles. The fraction of sp³-hybridized carbons (Fsp3) is 0.562. The summed E-state index contributed by atoms with van der Waals surface area (Å²) in [7, 11) is 0. The Morgan fingerprint density at radius 3 is 2.67 bits per heavy atom. The number of aliphatic hydroxyl groups is 1. The Labute approximate surface area is 125 Å². The third-order valence-electron chi connectivity index (χ3n) is 3.61. The highest BCUT2D eigenvalue weighted by atomic mass is 16.5. The maximum atomic E-state index is 12.6. The van der Waals surface area contributed by atoms with Gasteiger partial charge in [0.2, 0.25) is 0 Å². The van der Waals surface area contributed by atoms with Gasteiger partial charge in [-0.25, -0.2) is 0 Å². The molecule has 5 nitrogen and oxygen atoms in total. The van der Waals surface area contributed by atoms with Gasteiger partial charge in [0.05, 0.1) is 18.3 Å². The summed E-state index contributed by atoms with van der Waals surface area (Å²) in [5.41, 5.74) is 6.87. The molecule has 1 aliphatic rings. The van der Waals surface area contributed by atoms with Crippen molar-refractivity contribution in [2.75, 3.05) is 26.2 Å². The number of morpholine rings is 1. The number of nitrogens with two attached hydrogens (primary N) is 1. The zero-order chi connectivity index (χ0) is 15.5. The largest absolute Gasteiger partial charge is 0.394 e. The summed E-state index contributed by atoms with van der Waals surface area (Å²) in [6, 6.07) is 7.55. The monoisotopic (exact) mass is 292 g/mol. The predicted octanol–water partition coefficient (Wildman–Crippen LogP) is 0.800. The van der Waals surface area contributed by atoms with Gasteiger partial charge >= 0.3 is 0 Å². The van der Waals surface area contributed by atoms with Gasteiger partial charge in [0.15, 0.2) is 0 Å². The van der Waals surface area contributed by atoms with Crippen LogP contribution in [0.5, 0.6) is 0 Å². The molecule has 0 saturated carbocycles. The van der Waals surface area contributed by atoms with E-state index in [1.807, 2.05) is 38.1 Å². The third kappa shape index (κ3) is 4.03. The van der Waals surface area contributed by atoms with Crippen molar-refractivity contribution in [1.82, 2.24) is 4.90 Å². The maximum Gasteiger partial charge on any atom is 0.254 e. The molecule has 1 amide bonds. The van der Waals surface area contributed by atoms with Crippen LogP contribution in [0.4, 0.5) is 0 Å². The minimum Gasteiger partial charge on any atom is -0.394 e. The number of carbonyl (C=O) groups excluding carboxylic acids is 1. The van der Waals surface area contributed by atoms with Crippen molar-refractivity contribution >= 4 is 5.91 Å². The smallest absolute Gasteiger partial charge is 0.254 e. The number of benzene rings is 1. The first-order valence-electron chi connectivity index (χ1n) is 7.32. The van der Waals surface area contributed by atoms with E-state index in [1.165, 1.54) is 0 Å². The van der Waals surface area contributed by atoms with Gasteiger partial charge in [-0.05, 0) is 44.5 Å². The average Bonchev–Trinajstić information content (AvgIpc) is 2.46. The Kier molecular flexibility index (Phi) is 4.98. The van der Waals surface area contributed by atoms with Crippen molar-refractivity contribution in [1.29, 1.82) is 0 Å². The Bertz CT molecular complexity index is 485. The van der Waals surface area contributed by atoms with Crippen LogP contribution in [0, 0.1) is 0 Å². The summed E-state index contributed by atoms with van der Waals surface area (Å²) in [6.07, 6.45) is 0.486. The molecule has 5 heteroatoms. The molecule has 1 aromatic carbocycles. The number of hydrogen-bond acceptors (Lipinski definition) is 4. The molecule has 2 rings (SSSR count). The van der Waals surface area contributed by atoms with Crippen LogP contribution in [0.3, 0.4) is 0 Å².